The molecule has 2 aromatic heterocycles. The van der Waals surface area contributed by atoms with Crippen LogP contribution in [-0.4, -0.2) is 27.2 Å². The fourth-order valence-electron chi connectivity index (χ4n) is 3.39. The van der Waals surface area contributed by atoms with Crippen LogP contribution >= 0.6 is 0 Å². The van der Waals surface area contributed by atoms with Crippen molar-refractivity contribution in [2.45, 2.75) is 25.2 Å². The van der Waals surface area contributed by atoms with Gasteiger partial charge in [0.1, 0.15) is 11.6 Å². The van der Waals surface area contributed by atoms with Gasteiger partial charge in [0.2, 0.25) is 0 Å². The van der Waals surface area contributed by atoms with Crippen molar-refractivity contribution in [3.8, 4) is 17.3 Å². The summed E-state index contributed by atoms with van der Waals surface area (Å²) >= 11 is 0. The minimum atomic E-state index is -4.90. The molecule has 1 aliphatic rings. The highest BCUT2D eigenvalue weighted by Crippen LogP contribution is 2.39. The Hall–Kier alpha value is -4.04. The Kier molecular flexibility index (Phi) is 5.26. The van der Waals surface area contributed by atoms with Gasteiger partial charge < -0.3 is 15.7 Å². The van der Waals surface area contributed by atoms with Crippen molar-refractivity contribution >= 4 is 17.4 Å². The number of aliphatic hydroxyl groups is 1. The largest absolute Gasteiger partial charge is 0.421 e. The smallest absolute Gasteiger partial charge is 0.376 e. The highest BCUT2D eigenvalue weighted by atomic mass is 19.4. The number of pyridine rings is 2. The average molecular weight is 457 g/mol. The second-order valence-corrected chi connectivity index (χ2v) is 7.46. The summed E-state index contributed by atoms with van der Waals surface area (Å²) in [6.45, 7) is 0.693. The molecule has 0 radical (unpaired) electrons. The Morgan fingerprint density at radius 2 is 1.97 bits per heavy atom. The van der Waals surface area contributed by atoms with Crippen LogP contribution in [0.25, 0.3) is 11.3 Å². The number of carbonyl (C=O) groups is 1. The number of nitrogens with zero attached hydrogens (tertiary/aromatic N) is 3. The number of aromatic nitrogens is 2. The number of hydrogen-bond acceptors (Lipinski definition) is 6. The molecule has 33 heavy (non-hydrogen) atoms. The maximum absolute atomic E-state index is 14.5. The molecule has 3 aromatic rings. The van der Waals surface area contributed by atoms with Gasteiger partial charge in [-0.15, -0.1) is 0 Å². The topological polar surface area (TPSA) is 111 Å². The predicted molar refractivity (Wildman–Crippen MR) is 109 cm³/mol. The van der Waals surface area contributed by atoms with E-state index in [1.165, 1.54) is 30.3 Å². The zero-order valence-corrected chi connectivity index (χ0v) is 17.0. The van der Waals surface area contributed by atoms with Gasteiger partial charge in [0.05, 0.1) is 46.4 Å². The van der Waals surface area contributed by atoms with Gasteiger partial charge in [-0.05, 0) is 31.2 Å². The number of amides is 1. The van der Waals surface area contributed by atoms with Gasteiger partial charge in [-0.1, -0.05) is 12.1 Å². The molecule has 1 atom stereocenters. The highest BCUT2D eigenvalue weighted by Gasteiger charge is 2.51. The number of alkyl halides is 3. The zero-order valence-electron chi connectivity index (χ0n) is 17.0. The first-order valence-corrected chi connectivity index (χ1v) is 9.56. The Morgan fingerprint density at radius 3 is 2.61 bits per heavy atom. The van der Waals surface area contributed by atoms with Crippen LogP contribution in [-0.2, 0) is 12.1 Å². The molecule has 0 bridgehead atoms. The number of fused-ring (bicyclic) bond motifs is 1. The minimum absolute atomic E-state index is 0.0440. The molecule has 4 rings (SSSR count). The Balaban J connectivity index is 1.77. The standard InChI is InChI=1S/C22H15F4N5O2/c1-21(33,22(24,25)26)12-5-6-17(28-9-12)31-15-7-14(30-16-10-29-20(32)19(15)16)18-11(8-27)3-2-4-13(18)23/h2-7,9,33H,10H2,1H3,(H,29,32)(H,28,30,31). The number of nitrogens with one attached hydrogen (secondary N) is 2. The van der Waals surface area contributed by atoms with E-state index < -0.39 is 29.1 Å². The van der Waals surface area contributed by atoms with E-state index in [9.17, 15) is 32.7 Å². The summed E-state index contributed by atoms with van der Waals surface area (Å²) in [5.74, 6) is -1.05. The Labute approximate surface area is 184 Å². The highest BCUT2D eigenvalue weighted by molar-refractivity contribution is 6.04. The van der Waals surface area contributed by atoms with Crippen LogP contribution in [0.2, 0.25) is 0 Å². The first kappa shape index (κ1) is 22.2. The molecule has 7 nitrogen and oxygen atoms in total. The van der Waals surface area contributed by atoms with Gasteiger partial charge in [0.15, 0.2) is 5.60 Å². The molecule has 11 heteroatoms. The van der Waals surface area contributed by atoms with E-state index in [1.807, 2.05) is 6.07 Å². The summed E-state index contributed by atoms with van der Waals surface area (Å²) < 4.78 is 53.7. The number of rotatable bonds is 4. The molecule has 3 heterocycles. The van der Waals surface area contributed by atoms with Crippen LogP contribution in [0.4, 0.5) is 29.1 Å². The normalized spacial score (nSPS) is 14.8. The van der Waals surface area contributed by atoms with Crippen molar-refractivity contribution in [3.63, 3.8) is 0 Å². The maximum Gasteiger partial charge on any atom is 0.421 e. The van der Waals surface area contributed by atoms with Crippen LogP contribution in [0.5, 0.6) is 0 Å². The van der Waals surface area contributed by atoms with Gasteiger partial charge in [-0.25, -0.2) is 14.4 Å². The van der Waals surface area contributed by atoms with Crippen molar-refractivity contribution in [2.75, 3.05) is 5.32 Å². The van der Waals surface area contributed by atoms with Crippen LogP contribution in [0.1, 0.15) is 34.1 Å². The summed E-state index contributed by atoms with van der Waals surface area (Å²) in [5, 5.41) is 24.6. The maximum atomic E-state index is 14.5. The molecule has 0 spiro atoms. The van der Waals surface area contributed by atoms with E-state index >= 15 is 0 Å². The fourth-order valence-corrected chi connectivity index (χ4v) is 3.39. The third-order valence-electron chi connectivity index (χ3n) is 5.27. The molecule has 1 aromatic carbocycles. The van der Waals surface area contributed by atoms with E-state index in [4.69, 9.17) is 0 Å². The lowest BCUT2D eigenvalue weighted by atomic mass is 9.97. The monoisotopic (exact) mass is 457 g/mol. The SMILES string of the molecule is CC(O)(c1ccc(Nc2cc(-c3c(F)cccc3C#N)nc3c2C(=O)NC3)nc1)C(F)(F)F. The van der Waals surface area contributed by atoms with Crippen LogP contribution in [0.3, 0.4) is 0 Å². The third kappa shape index (κ3) is 3.85. The van der Waals surface area contributed by atoms with Crippen LogP contribution in [0.15, 0.2) is 42.6 Å². The van der Waals surface area contributed by atoms with E-state index in [-0.39, 0.29) is 40.4 Å². The summed E-state index contributed by atoms with van der Waals surface area (Å²) in [5.41, 5.74) is -2.81. The molecule has 3 N–H and O–H groups in total. The molecule has 0 saturated carbocycles. The van der Waals surface area contributed by atoms with Gasteiger partial charge in [0, 0.05) is 11.8 Å². The molecule has 1 amide bonds. The quantitative estimate of drug-likeness (QED) is 0.513. The number of halogens is 4. The van der Waals surface area contributed by atoms with Crippen molar-refractivity contribution < 1.29 is 27.5 Å². The van der Waals surface area contributed by atoms with Gasteiger partial charge in [-0.2, -0.15) is 18.4 Å². The fraction of sp³-hybridized carbons (Fsp3) is 0.182. The zero-order chi connectivity index (χ0) is 24.0. The van der Waals surface area contributed by atoms with Crippen molar-refractivity contribution in [3.05, 3.63) is 70.8 Å². The molecule has 168 valence electrons. The number of benzene rings is 1. The summed E-state index contributed by atoms with van der Waals surface area (Å²) in [6.07, 6.45) is -4.04. The van der Waals surface area contributed by atoms with Gasteiger partial charge in [0.25, 0.3) is 5.91 Å². The minimum Gasteiger partial charge on any atom is -0.376 e. The Bertz CT molecular complexity index is 1300. The Morgan fingerprint density at radius 1 is 1.21 bits per heavy atom. The van der Waals surface area contributed by atoms with E-state index in [2.05, 4.69) is 20.6 Å². The lowest BCUT2D eigenvalue weighted by molar-refractivity contribution is -0.259. The second-order valence-electron chi connectivity index (χ2n) is 7.46. The second kappa shape index (κ2) is 7.83. The van der Waals surface area contributed by atoms with E-state index in [0.717, 1.165) is 12.3 Å². The van der Waals surface area contributed by atoms with Gasteiger partial charge >= 0.3 is 6.18 Å². The van der Waals surface area contributed by atoms with Crippen LogP contribution < -0.4 is 10.6 Å². The number of carbonyl (C=O) groups excluding carboxylic acids is 1. The summed E-state index contributed by atoms with van der Waals surface area (Å²) in [4.78, 5) is 20.5. The summed E-state index contributed by atoms with van der Waals surface area (Å²) in [7, 11) is 0. The molecular weight excluding hydrogens is 442 g/mol. The van der Waals surface area contributed by atoms with Crippen molar-refractivity contribution in [1.82, 2.24) is 15.3 Å². The van der Waals surface area contributed by atoms with Crippen LogP contribution in [0, 0.1) is 17.1 Å². The molecule has 0 saturated heterocycles. The van der Waals surface area contributed by atoms with Gasteiger partial charge in [-0.3, -0.25) is 4.79 Å². The first-order chi connectivity index (χ1) is 15.5. The number of anilines is 2. The number of nitriles is 1. The average Bonchev–Trinajstić information content (AvgIpc) is 3.14. The summed E-state index contributed by atoms with van der Waals surface area (Å²) in [6, 6.07) is 9.51. The molecule has 0 fully saturated rings. The lowest BCUT2D eigenvalue weighted by Gasteiger charge is -2.26. The lowest BCUT2D eigenvalue weighted by Crippen LogP contribution is -2.39. The number of hydrogen-bond donors (Lipinski definition) is 3. The van der Waals surface area contributed by atoms with E-state index in [1.54, 1.807) is 0 Å². The molecule has 1 aliphatic heterocycles. The molecular formula is C22H15F4N5O2. The molecule has 0 aliphatic carbocycles. The predicted octanol–water partition coefficient (Wildman–Crippen LogP) is 3.91. The third-order valence-corrected chi connectivity index (χ3v) is 5.27. The van der Waals surface area contributed by atoms with Crippen molar-refractivity contribution in [2.24, 2.45) is 0 Å². The van der Waals surface area contributed by atoms with Crippen molar-refractivity contribution in [1.29, 1.82) is 5.26 Å². The first-order valence-electron chi connectivity index (χ1n) is 9.56. The van der Waals surface area contributed by atoms with E-state index in [0.29, 0.717) is 12.6 Å². The molecule has 1 unspecified atom stereocenters.